The van der Waals surface area contributed by atoms with Crippen LogP contribution >= 0.6 is 23.1 Å². The first-order valence-electron chi connectivity index (χ1n) is 9.72. The number of ether oxygens (including phenoxy) is 1. The largest absolute Gasteiger partial charge is 0.497 e. The number of amides is 1. The number of aryl methyl sites for hydroxylation is 3. The molecule has 0 aliphatic rings. The molecule has 0 aliphatic carbocycles. The number of thiophene rings is 1. The lowest BCUT2D eigenvalue weighted by Crippen LogP contribution is -2.32. The molecule has 3 heterocycles. The Bertz CT molecular complexity index is 1220. The third-order valence-corrected chi connectivity index (χ3v) is 7.25. The number of rotatable bonds is 7. The molecule has 3 aromatic heterocycles. The molecule has 1 N–H and O–H groups in total. The highest BCUT2D eigenvalue weighted by atomic mass is 32.2. The summed E-state index contributed by atoms with van der Waals surface area (Å²) in [5.41, 5.74) is 2.11. The van der Waals surface area contributed by atoms with Crippen molar-refractivity contribution in [3.05, 3.63) is 64.8 Å². The number of carbonyl (C=O) groups excluding carboxylic acids is 1. The number of nitrogens with one attached hydrogen (secondary N) is 1. The molecule has 1 aromatic carbocycles. The SMILES string of the molecule is COc1ccc([C@H](NC(=O)CSc2ncnc3sc(C)c(C)c23)c2nccn2C)cc1. The second-order valence-electron chi connectivity index (χ2n) is 7.10. The molecule has 0 fully saturated rings. The molecule has 0 bridgehead atoms. The molecule has 1 atom stereocenters. The summed E-state index contributed by atoms with van der Waals surface area (Å²) in [5, 5.41) is 5.00. The number of thioether (sulfide) groups is 1. The molecule has 1 amide bonds. The smallest absolute Gasteiger partial charge is 0.231 e. The van der Waals surface area contributed by atoms with Crippen LogP contribution in [0.1, 0.15) is 27.9 Å². The van der Waals surface area contributed by atoms with Crippen molar-refractivity contribution in [3.8, 4) is 5.75 Å². The zero-order valence-electron chi connectivity index (χ0n) is 17.7. The molecule has 160 valence electrons. The maximum absolute atomic E-state index is 12.9. The van der Waals surface area contributed by atoms with Crippen LogP contribution in [0.5, 0.6) is 5.75 Å². The minimum Gasteiger partial charge on any atom is -0.497 e. The molecule has 0 spiro atoms. The van der Waals surface area contributed by atoms with Crippen molar-refractivity contribution >= 4 is 39.2 Å². The first kappa shape index (κ1) is 21.3. The number of fused-ring (bicyclic) bond motifs is 1. The summed E-state index contributed by atoms with van der Waals surface area (Å²) in [5.74, 6) is 1.68. The van der Waals surface area contributed by atoms with Crippen LogP contribution in [-0.2, 0) is 11.8 Å². The molecule has 0 radical (unpaired) electrons. The Morgan fingerprint density at radius 3 is 2.68 bits per heavy atom. The van der Waals surface area contributed by atoms with Crippen LogP contribution in [0.25, 0.3) is 10.2 Å². The average molecular weight is 454 g/mol. The van der Waals surface area contributed by atoms with Crippen molar-refractivity contribution in [2.24, 2.45) is 7.05 Å². The summed E-state index contributed by atoms with van der Waals surface area (Å²) < 4.78 is 7.17. The first-order chi connectivity index (χ1) is 15.0. The van der Waals surface area contributed by atoms with E-state index < -0.39 is 0 Å². The van der Waals surface area contributed by atoms with Gasteiger partial charge in [0.05, 0.1) is 12.9 Å². The van der Waals surface area contributed by atoms with Crippen LogP contribution in [0, 0.1) is 13.8 Å². The highest BCUT2D eigenvalue weighted by molar-refractivity contribution is 8.00. The van der Waals surface area contributed by atoms with Crippen LogP contribution in [0.4, 0.5) is 0 Å². The topological polar surface area (TPSA) is 81.9 Å². The maximum Gasteiger partial charge on any atom is 0.231 e. The van der Waals surface area contributed by atoms with E-state index in [1.165, 1.54) is 22.2 Å². The molecule has 0 saturated heterocycles. The average Bonchev–Trinajstić information content (AvgIpc) is 3.33. The van der Waals surface area contributed by atoms with Crippen LogP contribution < -0.4 is 10.1 Å². The molecule has 4 rings (SSSR count). The van der Waals surface area contributed by atoms with E-state index in [9.17, 15) is 4.79 Å². The molecular weight excluding hydrogens is 430 g/mol. The number of benzene rings is 1. The van der Waals surface area contributed by atoms with Gasteiger partial charge in [-0.05, 0) is 37.1 Å². The predicted octanol–water partition coefficient (Wildman–Crippen LogP) is 4.05. The number of methoxy groups -OCH3 is 1. The second kappa shape index (κ2) is 9.07. The van der Waals surface area contributed by atoms with Gasteiger partial charge in [-0.25, -0.2) is 15.0 Å². The summed E-state index contributed by atoms with van der Waals surface area (Å²) >= 11 is 3.08. The number of carbonyl (C=O) groups is 1. The van der Waals surface area contributed by atoms with E-state index in [1.54, 1.807) is 31.0 Å². The van der Waals surface area contributed by atoms with Crippen molar-refractivity contribution in [1.82, 2.24) is 24.8 Å². The highest BCUT2D eigenvalue weighted by Crippen LogP contribution is 2.34. The van der Waals surface area contributed by atoms with Crippen molar-refractivity contribution in [2.45, 2.75) is 24.9 Å². The Hall–Kier alpha value is -2.91. The monoisotopic (exact) mass is 453 g/mol. The summed E-state index contributed by atoms with van der Waals surface area (Å²) in [7, 11) is 3.55. The summed E-state index contributed by atoms with van der Waals surface area (Å²) in [4.78, 5) is 28.3. The van der Waals surface area contributed by atoms with E-state index in [0.29, 0.717) is 0 Å². The fraction of sp³-hybridized carbons (Fsp3) is 0.273. The first-order valence-corrected chi connectivity index (χ1v) is 11.5. The number of aromatic nitrogens is 4. The van der Waals surface area contributed by atoms with Crippen LogP contribution in [-0.4, -0.2) is 38.3 Å². The Morgan fingerprint density at radius 2 is 2.00 bits per heavy atom. The van der Waals surface area contributed by atoms with Gasteiger partial charge in [0.25, 0.3) is 0 Å². The van der Waals surface area contributed by atoms with Gasteiger partial charge in [-0.15, -0.1) is 11.3 Å². The maximum atomic E-state index is 12.9. The van der Waals surface area contributed by atoms with E-state index >= 15 is 0 Å². The van der Waals surface area contributed by atoms with Crippen molar-refractivity contribution in [2.75, 3.05) is 12.9 Å². The molecule has 0 unspecified atom stereocenters. The van der Waals surface area contributed by atoms with Gasteiger partial charge in [0, 0.05) is 29.7 Å². The lowest BCUT2D eigenvalue weighted by molar-refractivity contribution is -0.119. The van der Waals surface area contributed by atoms with E-state index in [2.05, 4.69) is 34.1 Å². The fourth-order valence-electron chi connectivity index (χ4n) is 3.34. The van der Waals surface area contributed by atoms with Gasteiger partial charge in [0.1, 0.15) is 33.8 Å². The molecule has 31 heavy (non-hydrogen) atoms. The van der Waals surface area contributed by atoms with Crippen LogP contribution in [0.15, 0.2) is 48.0 Å². The van der Waals surface area contributed by atoms with E-state index in [0.717, 1.165) is 32.4 Å². The number of imidazole rings is 1. The molecule has 7 nitrogen and oxygen atoms in total. The van der Waals surface area contributed by atoms with Gasteiger partial charge >= 0.3 is 0 Å². The number of hydrogen-bond acceptors (Lipinski definition) is 7. The van der Waals surface area contributed by atoms with Crippen LogP contribution in [0.3, 0.4) is 0 Å². The standard InChI is InChI=1S/C22H23N5O2S2/c1-13-14(2)31-22-18(13)21(24-12-25-22)30-11-17(28)26-19(20-23-9-10-27(20)3)15-5-7-16(29-4)8-6-15/h5-10,12,19H,11H2,1-4H3,(H,26,28)/t19-/m0/s1. The summed E-state index contributed by atoms with van der Waals surface area (Å²) in [6.07, 6.45) is 5.16. The fourth-order valence-corrected chi connectivity index (χ4v) is 5.27. The highest BCUT2D eigenvalue weighted by Gasteiger charge is 2.21. The van der Waals surface area contributed by atoms with Crippen molar-refractivity contribution in [3.63, 3.8) is 0 Å². The molecule has 4 aromatic rings. The Kier molecular flexibility index (Phi) is 6.24. The van der Waals surface area contributed by atoms with Crippen LogP contribution in [0.2, 0.25) is 0 Å². The Balaban J connectivity index is 1.54. The van der Waals surface area contributed by atoms with E-state index in [4.69, 9.17) is 4.74 Å². The lowest BCUT2D eigenvalue weighted by Gasteiger charge is -2.19. The van der Waals surface area contributed by atoms with Gasteiger partial charge in [-0.2, -0.15) is 0 Å². The van der Waals surface area contributed by atoms with Gasteiger partial charge in [0.2, 0.25) is 5.91 Å². The quantitative estimate of drug-likeness (QED) is 0.336. The number of hydrogen-bond donors (Lipinski definition) is 1. The Labute approximate surface area is 188 Å². The van der Waals surface area contributed by atoms with Crippen molar-refractivity contribution in [1.29, 1.82) is 0 Å². The zero-order chi connectivity index (χ0) is 22.0. The second-order valence-corrected chi connectivity index (χ2v) is 9.27. The third-order valence-electron chi connectivity index (χ3n) is 5.14. The van der Waals surface area contributed by atoms with Gasteiger partial charge < -0.3 is 14.6 Å². The predicted molar refractivity (Wildman–Crippen MR) is 124 cm³/mol. The summed E-state index contributed by atoms with van der Waals surface area (Å²) in [6.45, 7) is 4.15. The lowest BCUT2D eigenvalue weighted by atomic mass is 10.1. The third kappa shape index (κ3) is 4.42. The van der Waals surface area contributed by atoms with Gasteiger partial charge in [0.15, 0.2) is 0 Å². The number of nitrogens with zero attached hydrogens (tertiary/aromatic N) is 4. The Morgan fingerprint density at radius 1 is 1.23 bits per heavy atom. The molecular formula is C22H23N5O2S2. The van der Waals surface area contributed by atoms with Gasteiger partial charge in [-0.3, -0.25) is 4.79 Å². The zero-order valence-corrected chi connectivity index (χ0v) is 19.4. The summed E-state index contributed by atoms with van der Waals surface area (Å²) in [6, 6.07) is 7.28. The van der Waals surface area contributed by atoms with Gasteiger partial charge in [-0.1, -0.05) is 23.9 Å². The normalized spacial score (nSPS) is 12.1. The minimum absolute atomic E-state index is 0.0924. The molecule has 0 saturated carbocycles. The van der Waals surface area contributed by atoms with Crippen molar-refractivity contribution < 1.29 is 9.53 Å². The van der Waals surface area contributed by atoms with E-state index in [-0.39, 0.29) is 17.7 Å². The van der Waals surface area contributed by atoms with E-state index in [1.807, 2.05) is 42.1 Å². The minimum atomic E-state index is -0.366. The molecule has 0 aliphatic heterocycles. The molecule has 9 heteroatoms.